The predicted molar refractivity (Wildman–Crippen MR) is 94.4 cm³/mol. The lowest BCUT2D eigenvalue weighted by atomic mass is 10.0. The topological polar surface area (TPSA) is 102 Å². The molecule has 160 valence electrons. The fraction of sp³-hybridized carbons (Fsp3) is 0.550. The summed E-state index contributed by atoms with van der Waals surface area (Å²) in [7, 11) is 0. The van der Waals surface area contributed by atoms with Gasteiger partial charge in [-0.1, -0.05) is 13.8 Å². The molecule has 1 aliphatic rings. The van der Waals surface area contributed by atoms with Crippen molar-refractivity contribution in [3.8, 4) is 5.75 Å². The Balaban J connectivity index is 2.00. The largest absolute Gasteiger partial charge is 0.544 e. The fourth-order valence-electron chi connectivity index (χ4n) is 3.13. The van der Waals surface area contributed by atoms with E-state index in [1.165, 1.54) is 38.1 Å². The van der Waals surface area contributed by atoms with Crippen LogP contribution in [0.4, 0.5) is 13.6 Å². The second-order valence-electron chi connectivity index (χ2n) is 7.62. The summed E-state index contributed by atoms with van der Waals surface area (Å²) in [6.07, 6.45) is 0.362. The number of hydrogen-bond donors (Lipinski definition) is 0. The number of carboxylic acids is 1. The first-order chi connectivity index (χ1) is 13.4. The number of benzene rings is 1. The van der Waals surface area contributed by atoms with Crippen molar-refractivity contribution in [3.63, 3.8) is 0 Å². The molecule has 0 saturated heterocycles. The van der Waals surface area contributed by atoms with Crippen LogP contribution in [0.1, 0.15) is 56.8 Å². The highest BCUT2D eigenvalue weighted by Gasteiger charge is 2.46. The van der Waals surface area contributed by atoms with Crippen molar-refractivity contribution in [3.05, 3.63) is 29.8 Å². The maximum atomic E-state index is 13.7. The molecule has 1 atom stereocenters. The van der Waals surface area contributed by atoms with Gasteiger partial charge in [0.25, 0.3) is 0 Å². The molecule has 0 aliphatic heterocycles. The summed E-state index contributed by atoms with van der Waals surface area (Å²) in [5.41, 5.74) is -0.676. The molecular weight excluding hydrogens is 390 g/mol. The van der Waals surface area contributed by atoms with Gasteiger partial charge in [-0.2, -0.15) is 8.78 Å². The molecule has 1 fully saturated rings. The molecule has 0 aromatic heterocycles. The third-order valence-corrected chi connectivity index (χ3v) is 4.75. The molecule has 7 nitrogen and oxygen atoms in total. The van der Waals surface area contributed by atoms with Gasteiger partial charge in [0.1, 0.15) is 17.3 Å². The summed E-state index contributed by atoms with van der Waals surface area (Å²) in [6.45, 7) is 4.41. The van der Waals surface area contributed by atoms with Crippen molar-refractivity contribution in [2.75, 3.05) is 0 Å². The highest BCUT2D eigenvalue weighted by molar-refractivity contribution is 5.90. The number of rotatable bonds is 7. The van der Waals surface area contributed by atoms with Crippen LogP contribution >= 0.6 is 0 Å². The van der Waals surface area contributed by atoms with E-state index in [9.17, 15) is 28.3 Å². The van der Waals surface area contributed by atoms with Crippen molar-refractivity contribution in [1.29, 1.82) is 0 Å². The average Bonchev–Trinajstić information content (AvgIpc) is 3.05. The van der Waals surface area contributed by atoms with Gasteiger partial charge >= 0.3 is 18.0 Å². The van der Waals surface area contributed by atoms with E-state index in [1.807, 2.05) is 6.92 Å². The summed E-state index contributed by atoms with van der Waals surface area (Å²) in [4.78, 5) is 34.7. The lowest BCUT2D eigenvalue weighted by Crippen LogP contribution is -2.53. The third-order valence-electron chi connectivity index (χ3n) is 4.75. The second kappa shape index (κ2) is 8.75. The summed E-state index contributed by atoms with van der Waals surface area (Å²) in [5.74, 6) is -8.98. The van der Waals surface area contributed by atoms with E-state index in [0.29, 0.717) is 0 Å². The van der Waals surface area contributed by atoms with Gasteiger partial charge in [0, 0.05) is 0 Å². The summed E-state index contributed by atoms with van der Waals surface area (Å²) in [6, 6.07) is 4.96. The van der Waals surface area contributed by atoms with E-state index in [-0.39, 0.29) is 11.3 Å². The number of halogens is 2. The van der Waals surface area contributed by atoms with Gasteiger partial charge in [-0.15, -0.1) is 0 Å². The van der Waals surface area contributed by atoms with Crippen LogP contribution in [0.15, 0.2) is 24.3 Å². The molecule has 0 N–H and O–H groups in total. The van der Waals surface area contributed by atoms with Gasteiger partial charge in [-0.05, 0) is 62.8 Å². The molecular formula is C20H23F2O7-. The Hall–Kier alpha value is -2.71. The molecule has 2 rings (SSSR count). The molecule has 1 aromatic rings. The monoisotopic (exact) mass is 413 g/mol. The van der Waals surface area contributed by atoms with Crippen LogP contribution < -0.4 is 9.84 Å². The minimum Gasteiger partial charge on any atom is -0.544 e. The molecule has 1 aliphatic carbocycles. The number of carboxylic acid groups (broad SMARTS) is 1. The molecule has 0 radical (unpaired) electrons. The Morgan fingerprint density at radius 1 is 1.10 bits per heavy atom. The average molecular weight is 413 g/mol. The summed E-state index contributed by atoms with van der Waals surface area (Å²) in [5, 5.41) is 10.7. The Kier molecular flexibility index (Phi) is 6.81. The molecule has 1 unspecified atom stereocenters. The van der Waals surface area contributed by atoms with E-state index in [4.69, 9.17) is 14.2 Å². The molecule has 0 bridgehead atoms. The standard InChI is InChI=1S/C20H24F2O7/c1-12(2)15(20(21,22)17(24)25)28-16(23)13-6-8-14(9-7-13)27-18(26)29-19(3)10-4-5-11-19/h6-9,12,15H,4-5,10-11H2,1-3H3,(H,24,25)/p-1. The van der Waals surface area contributed by atoms with Crippen LogP contribution in [-0.4, -0.2) is 35.7 Å². The van der Waals surface area contributed by atoms with Gasteiger partial charge in [0.05, 0.1) is 5.56 Å². The molecule has 1 saturated carbocycles. The number of alkyl halides is 2. The number of esters is 1. The molecule has 0 spiro atoms. The van der Waals surface area contributed by atoms with Crippen LogP contribution in [0.2, 0.25) is 0 Å². The zero-order valence-corrected chi connectivity index (χ0v) is 16.4. The SMILES string of the molecule is CC(C)C(OC(=O)c1ccc(OC(=O)OC2(C)CCCC2)cc1)C(F)(F)C(=O)[O-]. The van der Waals surface area contributed by atoms with Crippen LogP contribution in [0.5, 0.6) is 5.75 Å². The first-order valence-electron chi connectivity index (χ1n) is 9.26. The quantitative estimate of drug-likeness (QED) is 0.500. The van der Waals surface area contributed by atoms with Gasteiger partial charge in [-0.25, -0.2) is 9.59 Å². The van der Waals surface area contributed by atoms with E-state index in [2.05, 4.69) is 0 Å². The second-order valence-corrected chi connectivity index (χ2v) is 7.62. The lowest BCUT2D eigenvalue weighted by molar-refractivity contribution is -0.337. The number of hydrogen-bond acceptors (Lipinski definition) is 7. The van der Waals surface area contributed by atoms with E-state index in [0.717, 1.165) is 25.7 Å². The highest BCUT2D eigenvalue weighted by Crippen LogP contribution is 2.33. The smallest absolute Gasteiger partial charge is 0.514 e. The normalized spacial score (nSPS) is 16.9. The summed E-state index contributed by atoms with van der Waals surface area (Å²) < 4.78 is 42.6. The van der Waals surface area contributed by atoms with Crippen LogP contribution in [-0.2, 0) is 14.3 Å². The Morgan fingerprint density at radius 2 is 1.66 bits per heavy atom. The minimum absolute atomic E-state index is 0.0913. The van der Waals surface area contributed by atoms with Crippen LogP contribution in [0.25, 0.3) is 0 Å². The molecule has 29 heavy (non-hydrogen) atoms. The van der Waals surface area contributed by atoms with Gasteiger partial charge < -0.3 is 24.1 Å². The zero-order valence-electron chi connectivity index (χ0n) is 16.4. The Labute approximate surface area is 166 Å². The van der Waals surface area contributed by atoms with Crippen molar-refractivity contribution >= 4 is 18.1 Å². The van der Waals surface area contributed by atoms with Crippen molar-refractivity contribution in [2.45, 2.75) is 64.1 Å². The summed E-state index contributed by atoms with van der Waals surface area (Å²) >= 11 is 0. The van der Waals surface area contributed by atoms with Gasteiger partial charge in [-0.3, -0.25) is 0 Å². The predicted octanol–water partition coefficient (Wildman–Crippen LogP) is 3.10. The number of aliphatic carboxylic acids is 1. The molecule has 0 heterocycles. The Bertz CT molecular complexity index is 753. The maximum Gasteiger partial charge on any atom is 0.514 e. The van der Waals surface area contributed by atoms with Crippen LogP contribution in [0.3, 0.4) is 0 Å². The molecule has 1 aromatic carbocycles. The Morgan fingerprint density at radius 3 is 2.14 bits per heavy atom. The number of ether oxygens (including phenoxy) is 3. The number of carbonyl (C=O) groups is 3. The first kappa shape index (κ1) is 22.6. The lowest BCUT2D eigenvalue weighted by Gasteiger charge is -2.30. The van der Waals surface area contributed by atoms with E-state index in [1.54, 1.807) is 0 Å². The van der Waals surface area contributed by atoms with E-state index >= 15 is 0 Å². The highest BCUT2D eigenvalue weighted by atomic mass is 19.3. The van der Waals surface area contributed by atoms with Gasteiger partial charge in [0.15, 0.2) is 6.10 Å². The molecule has 9 heteroatoms. The van der Waals surface area contributed by atoms with E-state index < -0.39 is 41.6 Å². The van der Waals surface area contributed by atoms with Crippen molar-refractivity contribution in [1.82, 2.24) is 0 Å². The van der Waals surface area contributed by atoms with Crippen LogP contribution in [0, 0.1) is 5.92 Å². The number of carbonyl (C=O) groups excluding carboxylic acids is 3. The zero-order chi connectivity index (χ0) is 21.8. The molecule has 0 amide bonds. The van der Waals surface area contributed by atoms with Gasteiger partial charge in [0.2, 0.25) is 0 Å². The fourth-order valence-corrected chi connectivity index (χ4v) is 3.13. The minimum atomic E-state index is -4.34. The first-order valence-corrected chi connectivity index (χ1v) is 9.26. The van der Waals surface area contributed by atoms with Crippen molar-refractivity contribution < 1.29 is 42.5 Å². The maximum absolute atomic E-state index is 13.7. The van der Waals surface area contributed by atoms with Crippen molar-refractivity contribution in [2.24, 2.45) is 5.92 Å². The third kappa shape index (κ3) is 5.65.